The Morgan fingerprint density at radius 2 is 1.92 bits per heavy atom. The number of hydrogen-bond acceptors (Lipinski definition) is 4. The van der Waals surface area contributed by atoms with Gasteiger partial charge in [0.2, 0.25) is 0 Å². The van der Waals surface area contributed by atoms with E-state index in [0.717, 1.165) is 5.56 Å². The highest BCUT2D eigenvalue weighted by molar-refractivity contribution is 5.70. The van der Waals surface area contributed by atoms with Crippen LogP contribution in [0.5, 0.6) is 0 Å². The molecule has 0 unspecified atom stereocenters. The second-order valence-electron chi connectivity index (χ2n) is 7.11. The summed E-state index contributed by atoms with van der Waals surface area (Å²) in [6.45, 7) is 5.17. The molecule has 25 heavy (non-hydrogen) atoms. The third-order valence-corrected chi connectivity index (χ3v) is 3.80. The minimum Gasteiger partial charge on any atom is -0.445 e. The van der Waals surface area contributed by atoms with E-state index in [1.807, 2.05) is 30.3 Å². The second kappa shape index (κ2) is 8.18. The van der Waals surface area contributed by atoms with Crippen LogP contribution in [0, 0.1) is 5.92 Å². The maximum absolute atomic E-state index is 13.3. The van der Waals surface area contributed by atoms with Gasteiger partial charge in [-0.2, -0.15) is 0 Å². The Bertz CT molecular complexity index is 588. The van der Waals surface area contributed by atoms with Crippen LogP contribution >= 0.6 is 0 Å². The Kier molecular flexibility index (Phi) is 6.22. The lowest BCUT2D eigenvalue weighted by atomic mass is 10.1. The largest absolute Gasteiger partial charge is 0.445 e. The van der Waals surface area contributed by atoms with E-state index in [0.29, 0.717) is 0 Å². The number of alkyl halides is 1. The van der Waals surface area contributed by atoms with Crippen molar-refractivity contribution >= 4 is 12.2 Å². The first-order valence-corrected chi connectivity index (χ1v) is 8.29. The van der Waals surface area contributed by atoms with Crippen LogP contribution in [0.2, 0.25) is 0 Å². The highest BCUT2D eigenvalue weighted by Crippen LogP contribution is 2.20. The van der Waals surface area contributed by atoms with Crippen molar-refractivity contribution in [2.24, 2.45) is 5.92 Å². The predicted molar refractivity (Wildman–Crippen MR) is 90.8 cm³/mol. The van der Waals surface area contributed by atoms with Gasteiger partial charge in [0.15, 0.2) is 0 Å². The Hall–Kier alpha value is -2.31. The van der Waals surface area contributed by atoms with Crippen LogP contribution in [-0.2, 0) is 16.1 Å². The van der Waals surface area contributed by atoms with Crippen LogP contribution in [0.25, 0.3) is 0 Å². The van der Waals surface area contributed by atoms with Crippen molar-refractivity contribution in [1.29, 1.82) is 0 Å². The zero-order valence-corrected chi connectivity index (χ0v) is 14.8. The lowest BCUT2D eigenvalue weighted by molar-refractivity contribution is 0.0491. The Balaban J connectivity index is 1.87. The van der Waals surface area contributed by atoms with Gasteiger partial charge in [0.25, 0.3) is 0 Å². The Labute approximate surface area is 147 Å². The average molecular weight is 352 g/mol. The van der Waals surface area contributed by atoms with Crippen LogP contribution in [0.3, 0.4) is 0 Å². The van der Waals surface area contributed by atoms with Crippen LogP contribution in [0.4, 0.5) is 14.0 Å². The van der Waals surface area contributed by atoms with Gasteiger partial charge >= 0.3 is 12.2 Å². The molecule has 2 atom stereocenters. The first-order valence-electron chi connectivity index (χ1n) is 8.29. The van der Waals surface area contributed by atoms with E-state index >= 15 is 0 Å². The molecule has 0 spiro atoms. The fourth-order valence-electron chi connectivity index (χ4n) is 2.61. The molecule has 1 saturated heterocycles. The van der Waals surface area contributed by atoms with E-state index in [2.05, 4.69) is 5.32 Å². The molecule has 0 radical (unpaired) electrons. The van der Waals surface area contributed by atoms with Gasteiger partial charge < -0.3 is 19.7 Å². The van der Waals surface area contributed by atoms with Crippen molar-refractivity contribution in [3.63, 3.8) is 0 Å². The number of carbonyl (C=O) groups is 2. The first-order chi connectivity index (χ1) is 11.8. The van der Waals surface area contributed by atoms with Crippen molar-refractivity contribution in [2.45, 2.75) is 39.0 Å². The van der Waals surface area contributed by atoms with Gasteiger partial charge in [-0.25, -0.2) is 9.59 Å². The number of rotatable bonds is 4. The molecule has 1 fully saturated rings. The molecule has 0 bridgehead atoms. The number of carbonyl (C=O) groups excluding carboxylic acids is 2. The van der Waals surface area contributed by atoms with Crippen LogP contribution < -0.4 is 5.32 Å². The van der Waals surface area contributed by atoms with E-state index in [-0.39, 0.29) is 19.7 Å². The quantitative estimate of drug-likeness (QED) is 0.904. The summed E-state index contributed by atoms with van der Waals surface area (Å²) in [5, 5.41) is 2.64. The third-order valence-electron chi connectivity index (χ3n) is 3.80. The van der Waals surface area contributed by atoms with Gasteiger partial charge in [-0.3, -0.25) is 4.39 Å². The fourth-order valence-corrected chi connectivity index (χ4v) is 2.61. The summed E-state index contributed by atoms with van der Waals surface area (Å²) >= 11 is 0. The molecule has 0 saturated carbocycles. The van der Waals surface area contributed by atoms with E-state index in [1.165, 1.54) is 4.90 Å². The molecule has 0 aromatic heterocycles. The normalized spacial score (nSPS) is 20.2. The summed E-state index contributed by atoms with van der Waals surface area (Å²) in [5.74, 6) is -0.475. The maximum atomic E-state index is 13.3. The molecule has 1 aromatic rings. The highest BCUT2D eigenvalue weighted by atomic mass is 19.1. The standard InChI is InChI=1S/C18H25FN2O4/c1-18(2,3)25-16(22)20-15-11-21(10-14(15)9-19)17(23)24-12-13-7-5-4-6-8-13/h4-8,14-15H,9-12H2,1-3H3,(H,20,22)/t14-,15-/m0/s1. The first kappa shape index (κ1) is 19.0. The number of ether oxygens (including phenoxy) is 2. The summed E-state index contributed by atoms with van der Waals surface area (Å²) in [6.07, 6.45) is -1.13. The predicted octanol–water partition coefficient (Wildman–Crippen LogP) is 3.12. The lowest BCUT2D eigenvalue weighted by Crippen LogP contribution is -2.44. The van der Waals surface area contributed by atoms with E-state index in [4.69, 9.17) is 9.47 Å². The van der Waals surface area contributed by atoms with Crippen LogP contribution in [-0.4, -0.2) is 48.5 Å². The van der Waals surface area contributed by atoms with Crippen molar-refractivity contribution in [3.8, 4) is 0 Å². The van der Waals surface area contributed by atoms with Crippen LogP contribution in [0.1, 0.15) is 26.3 Å². The zero-order chi connectivity index (χ0) is 18.4. The number of benzene rings is 1. The van der Waals surface area contributed by atoms with Crippen molar-refractivity contribution in [2.75, 3.05) is 19.8 Å². The number of hydrogen-bond donors (Lipinski definition) is 1. The van der Waals surface area contributed by atoms with Gasteiger partial charge in [-0.05, 0) is 26.3 Å². The average Bonchev–Trinajstić information content (AvgIpc) is 2.94. The number of halogens is 1. The monoisotopic (exact) mass is 352 g/mol. The molecule has 2 amide bonds. The van der Waals surface area contributed by atoms with Crippen molar-refractivity contribution < 1.29 is 23.5 Å². The zero-order valence-electron chi connectivity index (χ0n) is 14.8. The third kappa shape index (κ3) is 5.92. The minimum absolute atomic E-state index is 0.153. The Morgan fingerprint density at radius 3 is 2.52 bits per heavy atom. The van der Waals surface area contributed by atoms with Crippen molar-refractivity contribution in [3.05, 3.63) is 35.9 Å². The molecule has 1 aromatic carbocycles. The Morgan fingerprint density at radius 1 is 1.24 bits per heavy atom. The summed E-state index contributed by atoms with van der Waals surface area (Å²) in [4.78, 5) is 25.5. The molecule has 1 aliphatic heterocycles. The van der Waals surface area contributed by atoms with E-state index in [1.54, 1.807) is 20.8 Å². The second-order valence-corrected chi connectivity index (χ2v) is 7.11. The van der Waals surface area contributed by atoms with E-state index < -0.39 is 36.4 Å². The number of nitrogens with zero attached hydrogens (tertiary/aromatic N) is 1. The van der Waals surface area contributed by atoms with Gasteiger partial charge in [0, 0.05) is 19.0 Å². The smallest absolute Gasteiger partial charge is 0.410 e. The topological polar surface area (TPSA) is 67.9 Å². The molecule has 1 heterocycles. The SMILES string of the molecule is CC(C)(C)OC(=O)N[C@H]1CN(C(=O)OCc2ccccc2)C[C@@H]1CF. The lowest BCUT2D eigenvalue weighted by Gasteiger charge is -2.23. The fraction of sp³-hybridized carbons (Fsp3) is 0.556. The number of likely N-dealkylation sites (tertiary alicyclic amines) is 1. The molecule has 1 N–H and O–H groups in total. The van der Waals surface area contributed by atoms with Gasteiger partial charge in [-0.1, -0.05) is 30.3 Å². The molecule has 2 rings (SSSR count). The van der Waals surface area contributed by atoms with Gasteiger partial charge in [0.05, 0.1) is 12.7 Å². The molecule has 138 valence electrons. The van der Waals surface area contributed by atoms with Crippen molar-refractivity contribution in [1.82, 2.24) is 10.2 Å². The minimum atomic E-state index is -0.637. The van der Waals surface area contributed by atoms with Crippen LogP contribution in [0.15, 0.2) is 30.3 Å². The van der Waals surface area contributed by atoms with E-state index in [9.17, 15) is 14.0 Å². The summed E-state index contributed by atoms with van der Waals surface area (Å²) < 4.78 is 23.7. The molecular formula is C18H25FN2O4. The summed E-state index contributed by atoms with van der Waals surface area (Å²) in [7, 11) is 0. The van der Waals surface area contributed by atoms with Gasteiger partial charge in [-0.15, -0.1) is 0 Å². The number of alkyl carbamates (subject to hydrolysis) is 1. The summed E-state index contributed by atoms with van der Waals surface area (Å²) in [6, 6.07) is 8.81. The van der Waals surface area contributed by atoms with Gasteiger partial charge in [0.1, 0.15) is 12.2 Å². The highest BCUT2D eigenvalue weighted by Gasteiger charge is 2.37. The number of nitrogens with one attached hydrogen (secondary N) is 1. The molecule has 7 heteroatoms. The molecular weight excluding hydrogens is 327 g/mol. The number of amides is 2. The molecule has 0 aliphatic carbocycles. The summed E-state index contributed by atoms with van der Waals surface area (Å²) in [5.41, 5.74) is 0.239. The molecule has 1 aliphatic rings. The maximum Gasteiger partial charge on any atom is 0.410 e. The molecule has 6 nitrogen and oxygen atoms in total.